The van der Waals surface area contributed by atoms with Gasteiger partial charge in [0.25, 0.3) is 0 Å². The second-order valence-corrected chi connectivity index (χ2v) is 4.90. The van der Waals surface area contributed by atoms with Crippen molar-refractivity contribution in [1.29, 1.82) is 0 Å². The molecule has 1 aromatic rings. The van der Waals surface area contributed by atoms with E-state index >= 15 is 0 Å². The molecule has 1 aromatic carbocycles. The molecule has 0 amide bonds. The monoisotopic (exact) mass is 287 g/mol. The molecule has 0 aliphatic rings. The van der Waals surface area contributed by atoms with Gasteiger partial charge in [-0.05, 0) is 19.4 Å². The Morgan fingerprint density at radius 3 is 2.29 bits per heavy atom. The van der Waals surface area contributed by atoms with E-state index in [0.29, 0.717) is 5.56 Å². The summed E-state index contributed by atoms with van der Waals surface area (Å²) < 4.78 is 4.94. The van der Waals surface area contributed by atoms with Gasteiger partial charge in [-0.3, -0.25) is 4.79 Å². The van der Waals surface area contributed by atoms with Crippen LogP contribution in [-0.2, 0) is 14.3 Å². The third-order valence-corrected chi connectivity index (χ3v) is 2.80. The van der Waals surface area contributed by atoms with Gasteiger partial charge in [-0.25, -0.2) is 4.79 Å². The van der Waals surface area contributed by atoms with E-state index in [-0.39, 0.29) is 17.8 Å². The molecule has 0 atom stereocenters. The smallest absolute Gasteiger partial charge is 0.343 e. The Kier molecular flexibility index (Phi) is 5.91. The Bertz CT molecular complexity index is 568. The summed E-state index contributed by atoms with van der Waals surface area (Å²) in [6, 6.07) is 7.42. The number of rotatable bonds is 6. The van der Waals surface area contributed by atoms with Crippen LogP contribution in [0.25, 0.3) is 5.57 Å². The lowest BCUT2D eigenvalue weighted by atomic mass is 9.98. The molecule has 0 aromatic heterocycles. The normalized spacial score (nSPS) is 11.0. The first-order chi connectivity index (χ1) is 9.86. The Morgan fingerprint density at radius 1 is 1.24 bits per heavy atom. The maximum absolute atomic E-state index is 12.5. The SMILES string of the molecule is C=C(C(=O)/C(=C/N(C)C)C(=O)OCC)c1ccc(C)cc1. The van der Waals surface area contributed by atoms with Crippen LogP contribution in [0.5, 0.6) is 0 Å². The average molecular weight is 287 g/mol. The molecular weight excluding hydrogens is 266 g/mol. The lowest BCUT2D eigenvalue weighted by molar-refractivity contribution is -0.139. The molecule has 0 saturated heterocycles. The summed E-state index contributed by atoms with van der Waals surface area (Å²) in [5.74, 6) is -1.06. The molecular formula is C17H21NO3. The molecule has 0 bridgehead atoms. The highest BCUT2D eigenvalue weighted by atomic mass is 16.5. The first-order valence-electron chi connectivity index (χ1n) is 6.72. The van der Waals surface area contributed by atoms with Gasteiger partial charge in [0.15, 0.2) is 0 Å². The summed E-state index contributed by atoms with van der Waals surface area (Å²) in [6.45, 7) is 7.69. The van der Waals surface area contributed by atoms with E-state index in [1.807, 2.05) is 31.2 Å². The Hall–Kier alpha value is -2.36. The van der Waals surface area contributed by atoms with E-state index < -0.39 is 11.8 Å². The quantitative estimate of drug-likeness (QED) is 0.349. The fourth-order valence-electron chi connectivity index (χ4n) is 1.72. The van der Waals surface area contributed by atoms with Crippen LogP contribution in [0.2, 0.25) is 0 Å². The minimum Gasteiger partial charge on any atom is -0.462 e. The van der Waals surface area contributed by atoms with E-state index in [2.05, 4.69) is 6.58 Å². The lowest BCUT2D eigenvalue weighted by Crippen LogP contribution is -2.20. The van der Waals surface area contributed by atoms with Crippen molar-refractivity contribution in [2.45, 2.75) is 13.8 Å². The number of esters is 1. The van der Waals surface area contributed by atoms with Gasteiger partial charge in [0.05, 0.1) is 6.61 Å². The van der Waals surface area contributed by atoms with Crippen LogP contribution in [0.3, 0.4) is 0 Å². The topological polar surface area (TPSA) is 46.6 Å². The van der Waals surface area contributed by atoms with Gasteiger partial charge in [0.1, 0.15) is 5.57 Å². The van der Waals surface area contributed by atoms with Crippen LogP contribution in [0, 0.1) is 6.92 Å². The van der Waals surface area contributed by atoms with Gasteiger partial charge in [-0.2, -0.15) is 0 Å². The van der Waals surface area contributed by atoms with Gasteiger partial charge in [-0.1, -0.05) is 36.4 Å². The standard InChI is InChI=1S/C17H21NO3/c1-6-21-17(20)15(11-18(4)5)16(19)13(3)14-9-7-12(2)8-10-14/h7-11H,3,6H2,1-2,4-5H3/b15-11-. The minimum absolute atomic E-state index is 0.0209. The predicted octanol–water partition coefficient (Wildman–Crippen LogP) is 2.59. The van der Waals surface area contributed by atoms with Crippen LogP contribution < -0.4 is 0 Å². The number of carbonyl (C=O) groups is 2. The number of Topliss-reactive ketones (excluding diaryl/α,β-unsaturated/α-hetero) is 1. The third kappa shape index (κ3) is 4.60. The highest BCUT2D eigenvalue weighted by Crippen LogP contribution is 2.19. The molecule has 0 aliphatic carbocycles. The third-order valence-electron chi connectivity index (χ3n) is 2.80. The van der Waals surface area contributed by atoms with Crippen LogP contribution in [0.15, 0.2) is 42.6 Å². The molecule has 112 valence electrons. The van der Waals surface area contributed by atoms with Crippen LogP contribution in [0.4, 0.5) is 0 Å². The van der Waals surface area contributed by atoms with E-state index in [1.54, 1.807) is 25.9 Å². The second-order valence-electron chi connectivity index (χ2n) is 4.90. The minimum atomic E-state index is -0.635. The molecule has 0 radical (unpaired) electrons. The zero-order valence-corrected chi connectivity index (χ0v) is 13.0. The Balaban J connectivity index is 3.08. The molecule has 4 heteroatoms. The van der Waals surface area contributed by atoms with Crippen molar-refractivity contribution < 1.29 is 14.3 Å². The number of hydrogen-bond donors (Lipinski definition) is 0. The van der Waals surface area contributed by atoms with Gasteiger partial charge in [0, 0.05) is 25.9 Å². The van der Waals surface area contributed by atoms with Crippen molar-refractivity contribution in [3.05, 3.63) is 53.7 Å². The van der Waals surface area contributed by atoms with Crippen LogP contribution in [-0.4, -0.2) is 37.4 Å². The van der Waals surface area contributed by atoms with Crippen molar-refractivity contribution in [3.63, 3.8) is 0 Å². The number of allylic oxidation sites excluding steroid dienone is 1. The van der Waals surface area contributed by atoms with E-state index in [1.165, 1.54) is 6.20 Å². The zero-order valence-electron chi connectivity index (χ0n) is 13.0. The molecule has 0 fully saturated rings. The fourth-order valence-corrected chi connectivity index (χ4v) is 1.72. The zero-order chi connectivity index (χ0) is 16.0. The number of carbonyl (C=O) groups excluding carboxylic acids is 2. The Labute approximate surface area is 125 Å². The summed E-state index contributed by atoms with van der Waals surface area (Å²) in [5.41, 5.74) is 2.04. The predicted molar refractivity (Wildman–Crippen MR) is 83.6 cm³/mol. The number of ether oxygens (including phenoxy) is 1. The van der Waals surface area contributed by atoms with E-state index in [0.717, 1.165) is 5.56 Å². The van der Waals surface area contributed by atoms with Crippen molar-refractivity contribution in [2.75, 3.05) is 20.7 Å². The number of ketones is 1. The maximum atomic E-state index is 12.5. The van der Waals surface area contributed by atoms with Crippen molar-refractivity contribution in [2.24, 2.45) is 0 Å². The molecule has 0 spiro atoms. The van der Waals surface area contributed by atoms with Gasteiger partial charge >= 0.3 is 5.97 Å². The molecule has 21 heavy (non-hydrogen) atoms. The molecule has 4 nitrogen and oxygen atoms in total. The average Bonchev–Trinajstić information content (AvgIpc) is 2.44. The fraction of sp³-hybridized carbons (Fsp3) is 0.294. The largest absolute Gasteiger partial charge is 0.462 e. The molecule has 1 rings (SSSR count). The number of hydrogen-bond acceptors (Lipinski definition) is 4. The van der Waals surface area contributed by atoms with Crippen LogP contribution >= 0.6 is 0 Å². The summed E-state index contributed by atoms with van der Waals surface area (Å²) >= 11 is 0. The molecule has 0 heterocycles. The highest BCUT2D eigenvalue weighted by molar-refractivity contribution is 6.36. The van der Waals surface area contributed by atoms with Gasteiger partial charge < -0.3 is 9.64 Å². The Morgan fingerprint density at radius 2 is 1.81 bits per heavy atom. The first-order valence-corrected chi connectivity index (χ1v) is 6.72. The van der Waals surface area contributed by atoms with Crippen molar-refractivity contribution in [1.82, 2.24) is 4.90 Å². The number of benzene rings is 1. The summed E-state index contributed by atoms with van der Waals surface area (Å²) in [7, 11) is 3.47. The van der Waals surface area contributed by atoms with Gasteiger partial charge in [0.2, 0.25) is 5.78 Å². The second kappa shape index (κ2) is 7.43. The first kappa shape index (κ1) is 16.7. The van der Waals surface area contributed by atoms with Crippen LogP contribution in [0.1, 0.15) is 18.1 Å². The molecule has 0 aliphatic heterocycles. The summed E-state index contributed by atoms with van der Waals surface area (Å²) in [6.07, 6.45) is 1.46. The lowest BCUT2D eigenvalue weighted by Gasteiger charge is -2.12. The van der Waals surface area contributed by atoms with Crippen molar-refractivity contribution in [3.8, 4) is 0 Å². The highest BCUT2D eigenvalue weighted by Gasteiger charge is 2.23. The molecule has 0 saturated carbocycles. The summed E-state index contributed by atoms with van der Waals surface area (Å²) in [4.78, 5) is 26.0. The molecule has 0 N–H and O–H groups in total. The number of nitrogens with zero attached hydrogens (tertiary/aromatic N) is 1. The summed E-state index contributed by atoms with van der Waals surface area (Å²) in [5, 5.41) is 0. The van der Waals surface area contributed by atoms with Crippen molar-refractivity contribution >= 4 is 17.3 Å². The molecule has 0 unspecified atom stereocenters. The van der Waals surface area contributed by atoms with Gasteiger partial charge in [-0.15, -0.1) is 0 Å². The maximum Gasteiger partial charge on any atom is 0.343 e. The van der Waals surface area contributed by atoms with E-state index in [4.69, 9.17) is 4.74 Å². The van der Waals surface area contributed by atoms with E-state index in [9.17, 15) is 9.59 Å². The number of aryl methyl sites for hydroxylation is 1.